The van der Waals surface area contributed by atoms with Crippen molar-refractivity contribution in [2.45, 2.75) is 70.4 Å². The normalized spacial score (nSPS) is 26.9. The minimum Gasteiger partial charge on any atom is -0.308 e. The standard InChI is InChI=1S/C17H30N2/c1-4-5-6-9-12-19-14-17(10-7-8-11-17)18-13-16(19)15(2)3/h1,15-16,18H,5-14H2,2-3H3. The van der Waals surface area contributed by atoms with Crippen molar-refractivity contribution in [3.63, 3.8) is 0 Å². The topological polar surface area (TPSA) is 15.3 Å². The summed E-state index contributed by atoms with van der Waals surface area (Å²) in [6, 6.07) is 0.706. The van der Waals surface area contributed by atoms with E-state index in [1.807, 2.05) is 0 Å². The highest BCUT2D eigenvalue weighted by Gasteiger charge is 2.41. The molecule has 108 valence electrons. The molecule has 0 aromatic heterocycles. The first-order valence-electron chi connectivity index (χ1n) is 8.09. The Bertz CT molecular complexity index is 310. The predicted octanol–water partition coefficient (Wildman–Crippen LogP) is 3.03. The highest BCUT2D eigenvalue weighted by Crippen LogP contribution is 2.34. The Morgan fingerprint density at radius 2 is 2.05 bits per heavy atom. The Labute approximate surface area is 119 Å². The third-order valence-electron chi connectivity index (χ3n) is 5.01. The number of nitrogens with one attached hydrogen (secondary N) is 1. The lowest BCUT2D eigenvalue weighted by molar-refractivity contribution is 0.0558. The SMILES string of the molecule is C#CCCCCN1CC2(CCCC2)NCC1C(C)C. The molecule has 2 rings (SSSR count). The van der Waals surface area contributed by atoms with Crippen LogP contribution in [0.1, 0.15) is 58.8 Å². The maximum atomic E-state index is 5.34. The van der Waals surface area contributed by atoms with Gasteiger partial charge in [0.15, 0.2) is 0 Å². The van der Waals surface area contributed by atoms with Crippen molar-refractivity contribution in [2.24, 2.45) is 5.92 Å². The minimum absolute atomic E-state index is 0.442. The summed E-state index contributed by atoms with van der Waals surface area (Å²) in [6.45, 7) is 8.37. The fourth-order valence-electron chi connectivity index (χ4n) is 3.84. The van der Waals surface area contributed by atoms with Crippen LogP contribution in [-0.2, 0) is 0 Å². The van der Waals surface area contributed by atoms with E-state index in [-0.39, 0.29) is 0 Å². The lowest BCUT2D eigenvalue weighted by Crippen LogP contribution is -2.64. The van der Waals surface area contributed by atoms with Crippen LogP contribution < -0.4 is 5.32 Å². The molecule has 1 aliphatic carbocycles. The van der Waals surface area contributed by atoms with E-state index in [2.05, 4.69) is 30.0 Å². The highest BCUT2D eigenvalue weighted by molar-refractivity contribution is 5.01. The van der Waals surface area contributed by atoms with Gasteiger partial charge in [-0.25, -0.2) is 0 Å². The van der Waals surface area contributed by atoms with Crippen molar-refractivity contribution in [2.75, 3.05) is 19.6 Å². The molecule has 19 heavy (non-hydrogen) atoms. The van der Waals surface area contributed by atoms with Crippen molar-refractivity contribution >= 4 is 0 Å². The molecular weight excluding hydrogens is 232 g/mol. The molecule has 1 saturated carbocycles. The molecule has 0 amide bonds. The molecule has 1 atom stereocenters. The van der Waals surface area contributed by atoms with Crippen molar-refractivity contribution in [3.8, 4) is 12.3 Å². The summed E-state index contributed by atoms with van der Waals surface area (Å²) in [5.74, 6) is 3.49. The highest BCUT2D eigenvalue weighted by atomic mass is 15.3. The molecule has 2 aliphatic rings. The van der Waals surface area contributed by atoms with Gasteiger partial charge in [0.1, 0.15) is 0 Å². The first kappa shape index (κ1) is 14.9. The van der Waals surface area contributed by atoms with Gasteiger partial charge in [-0.15, -0.1) is 12.3 Å². The van der Waals surface area contributed by atoms with E-state index in [9.17, 15) is 0 Å². The van der Waals surface area contributed by atoms with Crippen LogP contribution in [0.4, 0.5) is 0 Å². The summed E-state index contributed by atoms with van der Waals surface area (Å²) in [7, 11) is 0. The van der Waals surface area contributed by atoms with Gasteiger partial charge in [0.25, 0.3) is 0 Å². The van der Waals surface area contributed by atoms with E-state index in [1.54, 1.807) is 0 Å². The Morgan fingerprint density at radius 3 is 2.68 bits per heavy atom. The van der Waals surface area contributed by atoms with E-state index in [0.29, 0.717) is 11.6 Å². The molecule has 2 fully saturated rings. The third-order valence-corrected chi connectivity index (χ3v) is 5.01. The average Bonchev–Trinajstić information content (AvgIpc) is 2.83. The second kappa shape index (κ2) is 6.77. The zero-order chi connectivity index (χ0) is 13.7. The first-order valence-corrected chi connectivity index (χ1v) is 8.09. The second-order valence-electron chi connectivity index (χ2n) is 6.81. The fourth-order valence-corrected chi connectivity index (χ4v) is 3.84. The molecule has 0 bridgehead atoms. The van der Waals surface area contributed by atoms with Crippen LogP contribution >= 0.6 is 0 Å². The third kappa shape index (κ3) is 3.74. The average molecular weight is 262 g/mol. The molecule has 0 aromatic carbocycles. The van der Waals surface area contributed by atoms with Crippen LogP contribution in [0, 0.1) is 18.3 Å². The van der Waals surface area contributed by atoms with Crippen molar-refractivity contribution in [1.82, 2.24) is 10.2 Å². The van der Waals surface area contributed by atoms with Gasteiger partial charge in [-0.05, 0) is 38.1 Å². The summed E-state index contributed by atoms with van der Waals surface area (Å²) >= 11 is 0. The van der Waals surface area contributed by atoms with Crippen LogP contribution in [0.15, 0.2) is 0 Å². The van der Waals surface area contributed by atoms with E-state index in [1.165, 1.54) is 58.2 Å². The van der Waals surface area contributed by atoms with Crippen LogP contribution in [0.3, 0.4) is 0 Å². The van der Waals surface area contributed by atoms with E-state index in [4.69, 9.17) is 6.42 Å². The van der Waals surface area contributed by atoms with Gasteiger partial charge in [-0.3, -0.25) is 4.90 Å². The molecule has 0 aromatic rings. The monoisotopic (exact) mass is 262 g/mol. The lowest BCUT2D eigenvalue weighted by atomic mass is 9.89. The van der Waals surface area contributed by atoms with Gasteiger partial charge in [-0.2, -0.15) is 0 Å². The number of nitrogens with zero attached hydrogens (tertiary/aromatic N) is 1. The predicted molar refractivity (Wildman–Crippen MR) is 82.1 cm³/mol. The summed E-state index contributed by atoms with van der Waals surface area (Å²) in [5, 5.41) is 3.88. The molecular formula is C17H30N2. The van der Waals surface area contributed by atoms with Crippen LogP contribution in [0.2, 0.25) is 0 Å². The molecule has 1 N–H and O–H groups in total. The van der Waals surface area contributed by atoms with Gasteiger partial charge in [-0.1, -0.05) is 26.7 Å². The van der Waals surface area contributed by atoms with E-state index in [0.717, 1.165) is 12.3 Å². The Kier molecular flexibility index (Phi) is 5.30. The Balaban J connectivity index is 1.91. The molecule has 1 saturated heterocycles. The lowest BCUT2D eigenvalue weighted by Gasteiger charge is -2.48. The maximum Gasteiger partial charge on any atom is 0.0309 e. The van der Waals surface area contributed by atoms with Gasteiger partial charge < -0.3 is 5.32 Å². The number of piperazine rings is 1. The quantitative estimate of drug-likeness (QED) is 0.605. The van der Waals surface area contributed by atoms with Crippen LogP contribution in [0.5, 0.6) is 0 Å². The van der Waals surface area contributed by atoms with Gasteiger partial charge in [0, 0.05) is 31.1 Å². The molecule has 0 radical (unpaired) electrons. The molecule has 2 nitrogen and oxygen atoms in total. The summed E-state index contributed by atoms with van der Waals surface area (Å²) in [6.07, 6.45) is 14.3. The van der Waals surface area contributed by atoms with Crippen LogP contribution in [0.25, 0.3) is 0 Å². The molecule has 2 heteroatoms. The smallest absolute Gasteiger partial charge is 0.0309 e. The van der Waals surface area contributed by atoms with E-state index < -0.39 is 0 Å². The minimum atomic E-state index is 0.442. The zero-order valence-corrected chi connectivity index (χ0v) is 12.8. The van der Waals surface area contributed by atoms with E-state index >= 15 is 0 Å². The van der Waals surface area contributed by atoms with Gasteiger partial charge in [0.05, 0.1) is 0 Å². The number of terminal acetylenes is 1. The van der Waals surface area contributed by atoms with Gasteiger partial charge in [0.2, 0.25) is 0 Å². The molecule has 1 unspecified atom stereocenters. The van der Waals surface area contributed by atoms with Gasteiger partial charge >= 0.3 is 0 Å². The summed E-state index contributed by atoms with van der Waals surface area (Å²) in [4.78, 5) is 2.75. The van der Waals surface area contributed by atoms with Crippen LogP contribution in [-0.4, -0.2) is 36.1 Å². The largest absolute Gasteiger partial charge is 0.308 e. The Hall–Kier alpha value is -0.520. The first-order chi connectivity index (χ1) is 9.17. The zero-order valence-electron chi connectivity index (χ0n) is 12.8. The number of hydrogen-bond acceptors (Lipinski definition) is 2. The molecule has 1 spiro atoms. The fraction of sp³-hybridized carbons (Fsp3) is 0.882. The van der Waals surface area contributed by atoms with Crippen molar-refractivity contribution in [3.05, 3.63) is 0 Å². The second-order valence-corrected chi connectivity index (χ2v) is 6.81. The summed E-state index contributed by atoms with van der Waals surface area (Å²) < 4.78 is 0. The number of hydrogen-bond donors (Lipinski definition) is 1. The maximum absolute atomic E-state index is 5.34. The molecule has 1 heterocycles. The number of unbranched alkanes of at least 4 members (excludes halogenated alkanes) is 2. The van der Waals surface area contributed by atoms with Crippen molar-refractivity contribution in [1.29, 1.82) is 0 Å². The Morgan fingerprint density at radius 1 is 1.32 bits per heavy atom. The number of rotatable bonds is 5. The van der Waals surface area contributed by atoms with Crippen molar-refractivity contribution < 1.29 is 0 Å². The molecule has 1 aliphatic heterocycles. The summed E-state index contributed by atoms with van der Waals surface area (Å²) in [5.41, 5.74) is 0.442.